The van der Waals surface area contributed by atoms with Gasteiger partial charge in [-0.3, -0.25) is 0 Å². The fourth-order valence-corrected chi connectivity index (χ4v) is 1.92. The molecule has 0 aromatic heterocycles. The Balaban J connectivity index is 2.38. The smallest absolute Gasteiger partial charge is 0.149 e. The Labute approximate surface area is 111 Å². The van der Waals surface area contributed by atoms with E-state index in [1.54, 1.807) is 18.2 Å². The first-order valence-electron chi connectivity index (χ1n) is 5.02. The van der Waals surface area contributed by atoms with E-state index in [0.29, 0.717) is 15.7 Å². The van der Waals surface area contributed by atoms with Crippen LogP contribution in [0.1, 0.15) is 5.56 Å². The van der Waals surface area contributed by atoms with Crippen LogP contribution in [0, 0.1) is 23.0 Å². The molecule has 2 aromatic rings. The van der Waals surface area contributed by atoms with Crippen LogP contribution in [0.4, 0.5) is 20.2 Å². The zero-order chi connectivity index (χ0) is 13.1. The summed E-state index contributed by atoms with van der Waals surface area (Å²) in [6.45, 7) is 0. The highest BCUT2D eigenvalue weighted by Crippen LogP contribution is 2.29. The molecule has 2 rings (SSSR count). The maximum Gasteiger partial charge on any atom is 0.149 e. The molecule has 0 spiro atoms. The second kappa shape index (κ2) is 5.15. The van der Waals surface area contributed by atoms with Gasteiger partial charge in [0.25, 0.3) is 0 Å². The predicted molar refractivity (Wildman–Crippen MR) is 68.5 cm³/mol. The monoisotopic (exact) mass is 308 g/mol. The highest BCUT2D eigenvalue weighted by atomic mass is 79.9. The SMILES string of the molecule is N#Cc1ccc(Nc2c(F)cccc2F)c(Br)c1. The maximum absolute atomic E-state index is 13.4. The summed E-state index contributed by atoms with van der Waals surface area (Å²) in [4.78, 5) is 0. The Morgan fingerprint density at radius 1 is 1.11 bits per heavy atom. The standard InChI is InChI=1S/C13H7BrF2N2/c14-9-6-8(7-17)4-5-12(9)18-13-10(15)2-1-3-11(13)16/h1-6,18H. The van der Waals surface area contributed by atoms with Crippen LogP contribution in [0.3, 0.4) is 0 Å². The number of hydrogen-bond acceptors (Lipinski definition) is 2. The maximum atomic E-state index is 13.4. The Morgan fingerprint density at radius 2 is 1.78 bits per heavy atom. The molecule has 0 atom stereocenters. The normalized spacial score (nSPS) is 9.89. The minimum absolute atomic E-state index is 0.220. The highest BCUT2D eigenvalue weighted by Gasteiger charge is 2.10. The molecule has 0 unspecified atom stereocenters. The molecule has 0 fully saturated rings. The van der Waals surface area contributed by atoms with Crippen molar-refractivity contribution in [1.29, 1.82) is 5.26 Å². The number of nitrogens with zero attached hydrogens (tertiary/aromatic N) is 1. The number of para-hydroxylation sites is 1. The highest BCUT2D eigenvalue weighted by molar-refractivity contribution is 9.10. The predicted octanol–water partition coefficient (Wildman–Crippen LogP) is 4.34. The van der Waals surface area contributed by atoms with E-state index in [1.807, 2.05) is 6.07 Å². The third kappa shape index (κ3) is 2.49. The van der Waals surface area contributed by atoms with Gasteiger partial charge in [0.05, 0.1) is 17.3 Å². The number of anilines is 2. The quantitative estimate of drug-likeness (QED) is 0.895. The Bertz CT molecular complexity index is 615. The minimum Gasteiger partial charge on any atom is -0.350 e. The van der Waals surface area contributed by atoms with Crippen LogP contribution in [0.15, 0.2) is 40.9 Å². The van der Waals surface area contributed by atoms with Crippen LogP contribution >= 0.6 is 15.9 Å². The van der Waals surface area contributed by atoms with Gasteiger partial charge in [-0.15, -0.1) is 0 Å². The molecule has 0 saturated heterocycles. The van der Waals surface area contributed by atoms with E-state index >= 15 is 0 Å². The second-order valence-corrected chi connectivity index (χ2v) is 4.38. The summed E-state index contributed by atoms with van der Waals surface area (Å²) in [5.74, 6) is -1.35. The summed E-state index contributed by atoms with van der Waals surface area (Å²) in [5, 5.41) is 11.4. The Hall–Kier alpha value is -1.93. The molecule has 0 aliphatic heterocycles. The van der Waals surface area contributed by atoms with Gasteiger partial charge in [-0.05, 0) is 46.3 Å². The second-order valence-electron chi connectivity index (χ2n) is 3.53. The first-order chi connectivity index (χ1) is 8.61. The van der Waals surface area contributed by atoms with E-state index in [4.69, 9.17) is 5.26 Å². The van der Waals surface area contributed by atoms with Gasteiger partial charge >= 0.3 is 0 Å². The number of nitrogens with one attached hydrogen (secondary N) is 1. The Kier molecular flexibility index (Phi) is 3.58. The molecule has 0 radical (unpaired) electrons. The third-order valence-electron chi connectivity index (χ3n) is 2.32. The molecule has 0 amide bonds. The average Bonchev–Trinajstić information content (AvgIpc) is 2.35. The lowest BCUT2D eigenvalue weighted by Crippen LogP contribution is -1.98. The van der Waals surface area contributed by atoms with Crippen molar-refractivity contribution in [1.82, 2.24) is 0 Å². The number of benzene rings is 2. The molecule has 2 nitrogen and oxygen atoms in total. The summed E-state index contributed by atoms with van der Waals surface area (Å²) in [5.41, 5.74) is 0.724. The van der Waals surface area contributed by atoms with Crippen molar-refractivity contribution in [2.24, 2.45) is 0 Å². The van der Waals surface area contributed by atoms with Crippen molar-refractivity contribution in [3.05, 3.63) is 58.1 Å². The van der Waals surface area contributed by atoms with Crippen molar-refractivity contribution in [3.8, 4) is 6.07 Å². The first kappa shape index (κ1) is 12.5. The van der Waals surface area contributed by atoms with Crippen LogP contribution in [0.25, 0.3) is 0 Å². The fraction of sp³-hybridized carbons (Fsp3) is 0. The number of hydrogen-bond donors (Lipinski definition) is 1. The molecule has 90 valence electrons. The van der Waals surface area contributed by atoms with Crippen LogP contribution in [-0.2, 0) is 0 Å². The van der Waals surface area contributed by atoms with Gasteiger partial charge < -0.3 is 5.32 Å². The van der Waals surface area contributed by atoms with Crippen molar-refractivity contribution < 1.29 is 8.78 Å². The van der Waals surface area contributed by atoms with Crippen molar-refractivity contribution >= 4 is 27.3 Å². The van der Waals surface area contributed by atoms with Crippen LogP contribution in [-0.4, -0.2) is 0 Å². The lowest BCUT2D eigenvalue weighted by molar-refractivity contribution is 0.591. The molecule has 5 heteroatoms. The van der Waals surface area contributed by atoms with Gasteiger partial charge in [-0.1, -0.05) is 6.07 Å². The Morgan fingerprint density at radius 3 is 2.33 bits per heavy atom. The zero-order valence-corrected chi connectivity index (χ0v) is 10.6. The van der Waals surface area contributed by atoms with Gasteiger partial charge in [0.2, 0.25) is 0 Å². The molecule has 2 aromatic carbocycles. The van der Waals surface area contributed by atoms with E-state index in [-0.39, 0.29) is 5.69 Å². The summed E-state index contributed by atoms with van der Waals surface area (Å²) in [6, 6.07) is 10.3. The van der Waals surface area contributed by atoms with Crippen LogP contribution < -0.4 is 5.32 Å². The lowest BCUT2D eigenvalue weighted by Gasteiger charge is -2.10. The molecular formula is C13H7BrF2N2. The largest absolute Gasteiger partial charge is 0.350 e. The zero-order valence-electron chi connectivity index (χ0n) is 9.05. The molecule has 0 aliphatic rings. The number of rotatable bonds is 2. The molecule has 18 heavy (non-hydrogen) atoms. The fourth-order valence-electron chi connectivity index (χ4n) is 1.44. The third-order valence-corrected chi connectivity index (χ3v) is 2.98. The number of halogens is 3. The van der Waals surface area contributed by atoms with Gasteiger partial charge in [-0.2, -0.15) is 5.26 Å². The van der Waals surface area contributed by atoms with E-state index in [1.165, 1.54) is 18.2 Å². The molecular weight excluding hydrogens is 302 g/mol. The van der Waals surface area contributed by atoms with Gasteiger partial charge in [0.1, 0.15) is 17.3 Å². The molecule has 0 saturated carbocycles. The minimum atomic E-state index is -0.675. The summed E-state index contributed by atoms with van der Waals surface area (Å²) in [7, 11) is 0. The molecule has 0 heterocycles. The van der Waals surface area contributed by atoms with Crippen LogP contribution in [0.2, 0.25) is 0 Å². The van der Waals surface area contributed by atoms with Crippen molar-refractivity contribution in [3.63, 3.8) is 0 Å². The van der Waals surface area contributed by atoms with Gasteiger partial charge in [0.15, 0.2) is 0 Å². The van der Waals surface area contributed by atoms with Crippen molar-refractivity contribution in [2.75, 3.05) is 5.32 Å². The van der Waals surface area contributed by atoms with Crippen LogP contribution in [0.5, 0.6) is 0 Å². The van der Waals surface area contributed by atoms with Gasteiger partial charge in [0, 0.05) is 4.47 Å². The van der Waals surface area contributed by atoms with E-state index < -0.39 is 11.6 Å². The lowest BCUT2D eigenvalue weighted by atomic mass is 10.2. The summed E-state index contributed by atoms with van der Waals surface area (Å²) >= 11 is 3.24. The molecule has 1 N–H and O–H groups in total. The van der Waals surface area contributed by atoms with E-state index in [2.05, 4.69) is 21.2 Å². The first-order valence-corrected chi connectivity index (χ1v) is 5.82. The topological polar surface area (TPSA) is 35.8 Å². The molecule has 0 bridgehead atoms. The average molecular weight is 309 g/mol. The van der Waals surface area contributed by atoms with E-state index in [9.17, 15) is 8.78 Å². The van der Waals surface area contributed by atoms with Gasteiger partial charge in [-0.25, -0.2) is 8.78 Å². The van der Waals surface area contributed by atoms with E-state index in [0.717, 1.165) is 0 Å². The summed E-state index contributed by atoms with van der Waals surface area (Å²) < 4.78 is 27.4. The summed E-state index contributed by atoms with van der Waals surface area (Å²) in [6.07, 6.45) is 0. The van der Waals surface area contributed by atoms with Crippen molar-refractivity contribution in [2.45, 2.75) is 0 Å². The molecule has 0 aliphatic carbocycles. The number of nitriles is 1.